The molecular weight excluding hydrogens is 538 g/mol. The quantitative estimate of drug-likeness (QED) is 0.221. The van der Waals surface area contributed by atoms with Crippen LogP contribution in [0.1, 0.15) is 0 Å². The molecule has 21 heavy (non-hydrogen) atoms. The fraction of sp³-hybridized carbons (Fsp3) is 0. The summed E-state index contributed by atoms with van der Waals surface area (Å²) in [7, 11) is -18.8. The molecule has 0 spiro atoms. The Morgan fingerprint density at radius 3 is 0.333 bits per heavy atom. The Kier molecular flexibility index (Phi) is 23.3. The molecule has 0 unspecified atom stereocenters. The Hall–Kier alpha value is 1.90. The van der Waals surface area contributed by atoms with Crippen molar-refractivity contribution in [3.8, 4) is 0 Å². The van der Waals surface area contributed by atoms with Crippen molar-refractivity contribution in [1.82, 2.24) is 0 Å². The smallest absolute Gasteiger partial charge is 0.0777 e. The van der Waals surface area contributed by atoms with Gasteiger partial charge in [-0.2, -0.15) is 55.9 Å². The molecule has 0 amide bonds. The van der Waals surface area contributed by atoms with E-state index in [2.05, 4.69) is 0 Å². The van der Waals surface area contributed by atoms with E-state index in [0.717, 1.165) is 0 Å². The second-order valence-electron chi connectivity index (χ2n) is 1.58. The van der Waals surface area contributed by atoms with Crippen LogP contribution < -0.4 is 55.9 Å². The van der Waals surface area contributed by atoms with E-state index in [0.29, 0.717) is 0 Å². The molecule has 0 bridgehead atoms. The average Bonchev–Trinajstić information content (AvgIpc) is 1.62. The van der Waals surface area contributed by atoms with Crippen molar-refractivity contribution >= 4 is 0 Å². The van der Waals surface area contributed by atoms with Crippen molar-refractivity contribution in [2.75, 3.05) is 0 Å². The second kappa shape index (κ2) is 14.3. The van der Waals surface area contributed by atoms with Gasteiger partial charge in [-0.15, -0.1) is 0 Å². The zero-order valence-electron chi connectivity index (χ0n) is 8.70. The van der Waals surface area contributed by atoms with E-state index >= 15 is 0 Å². The van der Waals surface area contributed by atoms with Crippen LogP contribution in [-0.2, 0) is 0 Å². The number of hydrogen-bond donors (Lipinski definition) is 4. The minimum atomic E-state index is -4.69. The minimum Gasteiger partial charge on any atom is -0.183 e. The van der Waals surface area contributed by atoms with Gasteiger partial charge in [-0.1, -0.05) is 0 Å². The van der Waals surface area contributed by atoms with Gasteiger partial charge < -0.3 is 0 Å². The van der Waals surface area contributed by atoms with Crippen molar-refractivity contribution < 1.29 is 157 Å². The predicted molar refractivity (Wildman–Crippen MR) is 8.88 cm³/mol. The van der Waals surface area contributed by atoms with E-state index in [4.69, 9.17) is 74.5 Å². The molecule has 0 heterocycles. The van der Waals surface area contributed by atoms with Crippen LogP contribution in [-0.4, -0.2) is 18.6 Å². The van der Waals surface area contributed by atoms with Crippen LogP contribution in [0, 0.1) is 82.7 Å². The summed E-state index contributed by atoms with van der Waals surface area (Å²) in [5, 5.41) is 0. The SMILES string of the molecule is [Ce].[O-][Cl+3]([O-])([O-])O.[O-][Cl+3]([O-])([O-])O.[O-][Cl+3]([O-])([O-])O.[O-][Cl+3]([O-])([O-])O. The molecule has 132 valence electrons. The van der Waals surface area contributed by atoms with Crippen LogP contribution in [0.25, 0.3) is 0 Å². The molecule has 0 aromatic heterocycles. The fourth-order valence-electron chi connectivity index (χ4n) is 0. The van der Waals surface area contributed by atoms with E-state index in [9.17, 15) is 0 Å². The van der Waals surface area contributed by atoms with Gasteiger partial charge in [0, 0.05) is 41.7 Å². The van der Waals surface area contributed by atoms with Crippen LogP contribution in [0.5, 0.6) is 0 Å². The van der Waals surface area contributed by atoms with Crippen LogP contribution in [0.15, 0.2) is 0 Å². The Bertz CT molecular complexity index is 130. The zero-order valence-corrected chi connectivity index (χ0v) is 14.9. The van der Waals surface area contributed by atoms with Crippen molar-refractivity contribution in [2.24, 2.45) is 0 Å². The first kappa shape index (κ1) is 34.3. The molecule has 0 saturated carbocycles. The van der Waals surface area contributed by atoms with E-state index < -0.39 is 41.0 Å². The Morgan fingerprint density at radius 2 is 0.333 bits per heavy atom. The molecule has 0 saturated heterocycles. The molecule has 0 atom stereocenters. The van der Waals surface area contributed by atoms with Gasteiger partial charge in [-0.25, -0.2) is 0 Å². The normalized spacial score (nSPS) is 11.4. The maximum Gasteiger partial charge on any atom is 0.0777 e. The number of halogens is 4. The van der Waals surface area contributed by atoms with Crippen molar-refractivity contribution in [1.29, 1.82) is 0 Å². The molecule has 0 aliphatic heterocycles. The summed E-state index contributed by atoms with van der Waals surface area (Å²) in [6, 6.07) is 0. The van der Waals surface area contributed by atoms with Crippen molar-refractivity contribution in [2.45, 2.75) is 0 Å². The fourth-order valence-corrected chi connectivity index (χ4v) is 0. The Balaban J connectivity index is -0.0000000533. The Labute approximate surface area is 156 Å². The van der Waals surface area contributed by atoms with E-state index in [1.807, 2.05) is 0 Å². The molecule has 0 rings (SSSR count). The first-order valence-electron chi connectivity index (χ1n) is 2.53. The molecule has 4 N–H and O–H groups in total. The molecule has 0 fully saturated rings. The standard InChI is InChI=1S/Ce.4ClHO4/c;4*2-1(3,4)5/h;4*(H,2,3,4,5). The number of hydrogen-bond acceptors (Lipinski definition) is 16. The Morgan fingerprint density at radius 1 is 0.333 bits per heavy atom. The summed E-state index contributed by atoms with van der Waals surface area (Å²) in [4.78, 5) is 0. The summed E-state index contributed by atoms with van der Waals surface area (Å²) < 4.78 is 131. The summed E-state index contributed by atoms with van der Waals surface area (Å²) in [5.41, 5.74) is 0. The largest absolute Gasteiger partial charge is 0.183 e. The molecule has 21 heteroatoms. The third kappa shape index (κ3) is 2410. The first-order chi connectivity index (χ1) is 8.00. The van der Waals surface area contributed by atoms with Gasteiger partial charge >= 0.3 is 0 Å². The summed E-state index contributed by atoms with van der Waals surface area (Å²) in [5.74, 6) is 0. The van der Waals surface area contributed by atoms with Crippen LogP contribution in [0.2, 0.25) is 0 Å². The molecular formula is H4CeCl4O16. The molecule has 0 aliphatic rings. The molecule has 0 aromatic carbocycles. The van der Waals surface area contributed by atoms with E-state index in [-0.39, 0.29) is 41.7 Å². The predicted octanol–water partition coefficient (Wildman–Crippen LogP) is -16.5. The second-order valence-corrected chi connectivity index (χ2v) is 4.75. The first-order valence-corrected chi connectivity index (χ1v) is 7.58. The molecule has 0 radical (unpaired) electrons. The van der Waals surface area contributed by atoms with E-state index in [1.54, 1.807) is 0 Å². The topological polar surface area (TPSA) is 358 Å². The van der Waals surface area contributed by atoms with Gasteiger partial charge in [0.15, 0.2) is 0 Å². The maximum absolute atomic E-state index is 8.60. The van der Waals surface area contributed by atoms with Crippen LogP contribution >= 0.6 is 0 Å². The van der Waals surface area contributed by atoms with Crippen LogP contribution in [0.3, 0.4) is 0 Å². The average molecular weight is 542 g/mol. The van der Waals surface area contributed by atoms with Crippen molar-refractivity contribution in [3.63, 3.8) is 0 Å². The van der Waals surface area contributed by atoms with Gasteiger partial charge in [0.05, 0.1) is 59.6 Å². The van der Waals surface area contributed by atoms with Gasteiger partial charge in [-0.3, -0.25) is 0 Å². The van der Waals surface area contributed by atoms with E-state index in [1.165, 1.54) is 0 Å². The van der Waals surface area contributed by atoms with Crippen molar-refractivity contribution in [3.05, 3.63) is 0 Å². The van der Waals surface area contributed by atoms with Gasteiger partial charge in [-0.05, 0) is 0 Å². The maximum atomic E-state index is 8.60. The number of rotatable bonds is 0. The monoisotopic (exact) mass is 540 g/mol. The van der Waals surface area contributed by atoms with Gasteiger partial charge in [0.1, 0.15) is 0 Å². The molecule has 0 aliphatic carbocycles. The molecule has 16 nitrogen and oxygen atoms in total. The summed E-state index contributed by atoms with van der Waals surface area (Å²) >= 11 is 0. The van der Waals surface area contributed by atoms with Gasteiger partial charge in [0.25, 0.3) is 0 Å². The third-order valence-corrected chi connectivity index (χ3v) is 0. The minimum absolute atomic E-state index is 0. The molecule has 0 aromatic rings. The summed E-state index contributed by atoms with van der Waals surface area (Å²) in [6.07, 6.45) is 0. The zero-order chi connectivity index (χ0) is 18.0. The third-order valence-electron chi connectivity index (χ3n) is 0. The van der Waals surface area contributed by atoms with Crippen LogP contribution in [0.4, 0.5) is 0 Å². The van der Waals surface area contributed by atoms with Gasteiger partial charge in [0.2, 0.25) is 0 Å². The summed E-state index contributed by atoms with van der Waals surface area (Å²) in [6.45, 7) is 0.